The Hall–Kier alpha value is -0.340. The second-order valence-electron chi connectivity index (χ2n) is 8.71. The molecule has 0 amide bonds. The van der Waals surface area contributed by atoms with Gasteiger partial charge in [-0.25, -0.2) is 0 Å². The molecule has 0 aromatic carbocycles. The largest absolute Gasteiger partial charge is 0.303 e. The van der Waals surface area contributed by atoms with Crippen molar-refractivity contribution in [3.8, 4) is 0 Å². The maximum atomic E-state index is 2.82. The minimum Gasteiger partial charge on any atom is -0.303 e. The molecular weight excluding hydrogens is 280 g/mol. The van der Waals surface area contributed by atoms with Crippen molar-refractivity contribution in [2.75, 3.05) is 39.3 Å². The average Bonchev–Trinajstić information content (AvgIpc) is 2.91. The third-order valence-electron chi connectivity index (χ3n) is 7.14. The molecule has 130 valence electrons. The van der Waals surface area contributed by atoms with Gasteiger partial charge in [0, 0.05) is 13.1 Å². The van der Waals surface area contributed by atoms with Gasteiger partial charge in [-0.15, -0.1) is 0 Å². The molecular formula is C21H36N2. The van der Waals surface area contributed by atoms with Crippen molar-refractivity contribution in [3.05, 3.63) is 12.2 Å². The van der Waals surface area contributed by atoms with Gasteiger partial charge < -0.3 is 9.80 Å². The van der Waals surface area contributed by atoms with E-state index in [-0.39, 0.29) is 0 Å². The molecule has 2 heteroatoms. The van der Waals surface area contributed by atoms with Crippen LogP contribution in [0.2, 0.25) is 0 Å². The predicted octanol–water partition coefficient (Wildman–Crippen LogP) is 4.18. The highest BCUT2D eigenvalue weighted by Crippen LogP contribution is 2.48. The summed E-state index contributed by atoms with van der Waals surface area (Å²) in [6.45, 7) is 8.26. The predicted molar refractivity (Wildman–Crippen MR) is 97.5 cm³/mol. The van der Waals surface area contributed by atoms with E-state index >= 15 is 0 Å². The molecule has 4 aliphatic rings. The maximum absolute atomic E-state index is 2.82. The second-order valence-corrected chi connectivity index (χ2v) is 8.71. The van der Waals surface area contributed by atoms with Crippen LogP contribution < -0.4 is 0 Å². The van der Waals surface area contributed by atoms with E-state index in [0.717, 1.165) is 23.7 Å². The highest BCUT2D eigenvalue weighted by Gasteiger charge is 2.45. The quantitative estimate of drug-likeness (QED) is 0.718. The number of allylic oxidation sites excluding steroid dienone is 2. The fourth-order valence-electron chi connectivity index (χ4n) is 5.80. The van der Waals surface area contributed by atoms with Crippen molar-refractivity contribution in [3.63, 3.8) is 0 Å². The topological polar surface area (TPSA) is 6.48 Å². The SMILES string of the molecule is C1=CC2CC1[C@@H](CN1CCCCCC1)[C@@H]2CN1CCCCCC1. The minimum absolute atomic E-state index is 0.903. The number of fused-ring (bicyclic) bond motifs is 2. The molecule has 0 spiro atoms. The van der Waals surface area contributed by atoms with Gasteiger partial charge in [-0.3, -0.25) is 0 Å². The lowest BCUT2D eigenvalue weighted by Gasteiger charge is -2.35. The molecule has 0 radical (unpaired) electrons. The standard InChI is InChI=1S/C21H36N2/c1-2-6-12-22(11-5-1)16-20-18-9-10-19(15-18)21(20)17-23-13-7-3-4-8-14-23/h9-10,18-21H,1-8,11-17H2/t18?,19?,20-,21-/m1/s1. The number of rotatable bonds is 4. The van der Waals surface area contributed by atoms with E-state index in [2.05, 4.69) is 22.0 Å². The van der Waals surface area contributed by atoms with Crippen LogP contribution in [0.25, 0.3) is 0 Å². The fourth-order valence-corrected chi connectivity index (χ4v) is 5.80. The number of likely N-dealkylation sites (tertiary alicyclic amines) is 2. The lowest BCUT2D eigenvalue weighted by atomic mass is 9.82. The van der Waals surface area contributed by atoms with Crippen LogP contribution in [0.5, 0.6) is 0 Å². The fraction of sp³-hybridized carbons (Fsp3) is 0.905. The van der Waals surface area contributed by atoms with Gasteiger partial charge in [-0.05, 0) is 82.0 Å². The van der Waals surface area contributed by atoms with Crippen LogP contribution in [0.3, 0.4) is 0 Å². The number of nitrogens with zero attached hydrogens (tertiary/aromatic N) is 2. The Balaban J connectivity index is 1.38. The van der Waals surface area contributed by atoms with Crippen LogP contribution in [0.15, 0.2) is 12.2 Å². The van der Waals surface area contributed by atoms with Crippen molar-refractivity contribution < 1.29 is 0 Å². The molecule has 4 atom stereocenters. The first kappa shape index (κ1) is 16.1. The Morgan fingerprint density at radius 1 is 0.565 bits per heavy atom. The van der Waals surface area contributed by atoms with Crippen molar-refractivity contribution in [1.29, 1.82) is 0 Å². The Labute approximate surface area is 143 Å². The van der Waals surface area contributed by atoms with Crippen molar-refractivity contribution in [2.24, 2.45) is 23.7 Å². The van der Waals surface area contributed by atoms with E-state index in [1.165, 1.54) is 97.1 Å². The smallest absolute Gasteiger partial charge is 0.00186 e. The van der Waals surface area contributed by atoms with Gasteiger partial charge >= 0.3 is 0 Å². The minimum atomic E-state index is 0.903. The molecule has 2 aliphatic heterocycles. The number of hydrogen-bond donors (Lipinski definition) is 0. The molecule has 1 saturated carbocycles. The van der Waals surface area contributed by atoms with E-state index in [1.807, 2.05) is 0 Å². The second kappa shape index (κ2) is 7.70. The Bertz CT molecular complexity index is 353. The molecule has 0 aromatic heterocycles. The zero-order valence-electron chi connectivity index (χ0n) is 15.0. The molecule has 2 bridgehead atoms. The summed E-state index contributed by atoms with van der Waals surface area (Å²) in [5.74, 6) is 3.71. The van der Waals surface area contributed by atoms with E-state index in [9.17, 15) is 0 Å². The van der Waals surface area contributed by atoms with Gasteiger partial charge in [0.1, 0.15) is 0 Å². The van der Waals surface area contributed by atoms with Gasteiger partial charge in [0.05, 0.1) is 0 Å². The molecule has 2 nitrogen and oxygen atoms in total. The van der Waals surface area contributed by atoms with Crippen molar-refractivity contribution >= 4 is 0 Å². The first-order valence-electron chi connectivity index (χ1n) is 10.5. The molecule has 2 saturated heterocycles. The molecule has 2 unspecified atom stereocenters. The zero-order valence-corrected chi connectivity index (χ0v) is 15.0. The Kier molecular flexibility index (Phi) is 5.40. The summed E-state index contributed by atoms with van der Waals surface area (Å²) >= 11 is 0. The summed E-state index contributed by atoms with van der Waals surface area (Å²) in [7, 11) is 0. The van der Waals surface area contributed by atoms with Crippen LogP contribution in [0.4, 0.5) is 0 Å². The molecule has 2 heterocycles. The van der Waals surface area contributed by atoms with Crippen LogP contribution in [0, 0.1) is 23.7 Å². The van der Waals surface area contributed by atoms with Gasteiger partial charge in [-0.2, -0.15) is 0 Å². The van der Waals surface area contributed by atoms with E-state index in [4.69, 9.17) is 0 Å². The van der Waals surface area contributed by atoms with Gasteiger partial charge in [-0.1, -0.05) is 37.8 Å². The summed E-state index contributed by atoms with van der Waals surface area (Å²) in [5.41, 5.74) is 0. The summed E-state index contributed by atoms with van der Waals surface area (Å²) in [6, 6.07) is 0. The lowest BCUT2D eigenvalue weighted by molar-refractivity contribution is 0.141. The van der Waals surface area contributed by atoms with Gasteiger partial charge in [0.15, 0.2) is 0 Å². The van der Waals surface area contributed by atoms with E-state index in [1.54, 1.807) is 0 Å². The van der Waals surface area contributed by atoms with Crippen LogP contribution in [-0.2, 0) is 0 Å². The highest BCUT2D eigenvalue weighted by atomic mass is 15.1. The monoisotopic (exact) mass is 316 g/mol. The molecule has 0 N–H and O–H groups in total. The summed E-state index contributed by atoms with van der Waals surface area (Å²) in [5, 5.41) is 0. The molecule has 3 fully saturated rings. The maximum Gasteiger partial charge on any atom is 0.00186 e. The molecule has 23 heavy (non-hydrogen) atoms. The van der Waals surface area contributed by atoms with E-state index in [0.29, 0.717) is 0 Å². The first-order valence-corrected chi connectivity index (χ1v) is 10.5. The first-order chi connectivity index (χ1) is 11.4. The lowest BCUT2D eigenvalue weighted by Crippen LogP contribution is -2.40. The van der Waals surface area contributed by atoms with Gasteiger partial charge in [0.2, 0.25) is 0 Å². The van der Waals surface area contributed by atoms with E-state index < -0.39 is 0 Å². The van der Waals surface area contributed by atoms with Crippen LogP contribution in [0.1, 0.15) is 57.8 Å². The third kappa shape index (κ3) is 3.85. The zero-order chi connectivity index (χ0) is 15.5. The summed E-state index contributed by atoms with van der Waals surface area (Å²) in [6.07, 6.45) is 18.2. The third-order valence-corrected chi connectivity index (χ3v) is 7.14. The van der Waals surface area contributed by atoms with Crippen LogP contribution in [-0.4, -0.2) is 49.1 Å². The molecule has 0 aromatic rings. The Morgan fingerprint density at radius 2 is 0.957 bits per heavy atom. The number of hydrogen-bond acceptors (Lipinski definition) is 2. The molecule has 2 aliphatic carbocycles. The summed E-state index contributed by atoms with van der Waals surface area (Å²) < 4.78 is 0. The molecule has 4 rings (SSSR count). The van der Waals surface area contributed by atoms with Gasteiger partial charge in [0.25, 0.3) is 0 Å². The van der Waals surface area contributed by atoms with Crippen LogP contribution >= 0.6 is 0 Å². The normalized spacial score (nSPS) is 39.5. The van der Waals surface area contributed by atoms with Crippen molar-refractivity contribution in [2.45, 2.75) is 57.8 Å². The van der Waals surface area contributed by atoms with Crippen molar-refractivity contribution in [1.82, 2.24) is 9.80 Å². The summed E-state index contributed by atoms with van der Waals surface area (Å²) in [4.78, 5) is 5.64. The highest BCUT2D eigenvalue weighted by molar-refractivity contribution is 5.14. The Morgan fingerprint density at radius 3 is 1.35 bits per heavy atom. The average molecular weight is 317 g/mol.